The van der Waals surface area contributed by atoms with Crippen LogP contribution in [0.2, 0.25) is 5.02 Å². The number of nitro groups is 1. The maximum absolute atomic E-state index is 14.3. The first-order valence-corrected chi connectivity index (χ1v) is 15.3. The molecule has 0 N–H and O–H groups in total. The largest absolute Gasteiger partial charge is 0.490 e. The summed E-state index contributed by atoms with van der Waals surface area (Å²) in [7, 11) is 0. The molecule has 0 aliphatic carbocycles. The molecule has 0 spiro atoms. The van der Waals surface area contributed by atoms with E-state index in [-0.39, 0.29) is 40.4 Å². The fourth-order valence-corrected chi connectivity index (χ4v) is 5.96. The molecule has 3 aromatic carbocycles. The van der Waals surface area contributed by atoms with Gasteiger partial charge in [-0.15, -0.1) is 0 Å². The molecule has 0 saturated heterocycles. The second kappa shape index (κ2) is 13.8. The second-order valence-electron chi connectivity index (χ2n) is 9.97. The van der Waals surface area contributed by atoms with Gasteiger partial charge in [-0.1, -0.05) is 41.1 Å². The van der Waals surface area contributed by atoms with Crippen molar-refractivity contribution in [1.29, 1.82) is 0 Å². The monoisotopic (exact) mass is 687 g/mol. The highest BCUT2D eigenvalue weighted by atomic mass is 35.5. The Morgan fingerprint density at radius 2 is 1.74 bits per heavy atom. The number of thiazole rings is 1. The average molecular weight is 688 g/mol. The Balaban J connectivity index is 1.58. The van der Waals surface area contributed by atoms with E-state index in [9.17, 15) is 32.9 Å². The standard InChI is InChI=1S/C32H25ClF3N3O7S/c1-3-44-24-15-19(7-14-23(24)46-17-18-5-12-22(13-6-18)39(42)43)16-25-29(40)38-27(20-8-10-21(33)11-9-20)26(30(41)45-4-2)28(32(34,35)36)37-31(38)47-25/h5-16,27H,3-4,17H2,1-2H3/b25-16-/t27-/m0/s1. The Hall–Kier alpha value is -4.95. The molecule has 0 amide bonds. The van der Waals surface area contributed by atoms with Crippen molar-refractivity contribution in [3.63, 3.8) is 0 Å². The Labute approximate surface area is 273 Å². The predicted molar refractivity (Wildman–Crippen MR) is 167 cm³/mol. The number of allylic oxidation sites excluding steroid dienone is 1. The van der Waals surface area contributed by atoms with Gasteiger partial charge in [-0.05, 0) is 73.0 Å². The summed E-state index contributed by atoms with van der Waals surface area (Å²) >= 11 is 6.76. The lowest BCUT2D eigenvalue weighted by Gasteiger charge is -2.26. The number of alkyl halides is 3. The van der Waals surface area contributed by atoms with Crippen molar-refractivity contribution in [3.05, 3.63) is 130 Å². The minimum atomic E-state index is -5.03. The SMILES string of the molecule is CCOC(=O)C1=C(C(F)(F)F)N=c2s/c(=C\c3ccc(OCc4ccc([N+](=O)[O-])cc4)c(OCC)c3)c(=O)n2[C@H]1c1ccc(Cl)cc1. The molecule has 47 heavy (non-hydrogen) atoms. The lowest BCUT2D eigenvalue weighted by Crippen LogP contribution is -2.41. The number of benzene rings is 3. The summed E-state index contributed by atoms with van der Waals surface area (Å²) in [4.78, 5) is 40.8. The highest BCUT2D eigenvalue weighted by Crippen LogP contribution is 2.38. The van der Waals surface area contributed by atoms with E-state index in [4.69, 9.17) is 25.8 Å². The van der Waals surface area contributed by atoms with Crippen LogP contribution in [0.15, 0.2) is 87.8 Å². The number of nitro benzene ring substituents is 1. The molecule has 5 rings (SSSR count). The molecule has 1 aromatic heterocycles. The van der Waals surface area contributed by atoms with Crippen molar-refractivity contribution >= 4 is 40.7 Å². The van der Waals surface area contributed by atoms with Gasteiger partial charge in [-0.2, -0.15) is 13.2 Å². The number of hydrogen-bond acceptors (Lipinski definition) is 9. The maximum atomic E-state index is 14.3. The third kappa shape index (κ3) is 7.23. The van der Waals surface area contributed by atoms with Crippen LogP contribution in [0, 0.1) is 10.1 Å². The Bertz CT molecular complexity index is 2040. The second-order valence-corrected chi connectivity index (χ2v) is 11.4. The van der Waals surface area contributed by atoms with Crippen molar-refractivity contribution in [1.82, 2.24) is 4.57 Å². The fraction of sp³-hybridized carbons (Fsp3) is 0.219. The minimum Gasteiger partial charge on any atom is -0.490 e. The number of halogens is 4. The lowest BCUT2D eigenvalue weighted by molar-refractivity contribution is -0.384. The summed E-state index contributed by atoms with van der Waals surface area (Å²) in [6, 6.07) is 15.0. The first kappa shape index (κ1) is 33.4. The van der Waals surface area contributed by atoms with Crippen LogP contribution in [0.1, 0.15) is 36.6 Å². The first-order valence-electron chi connectivity index (χ1n) is 14.1. The third-order valence-electron chi connectivity index (χ3n) is 6.89. The van der Waals surface area contributed by atoms with Gasteiger partial charge in [-0.3, -0.25) is 19.5 Å². The Morgan fingerprint density at radius 1 is 1.04 bits per heavy atom. The number of carbonyl (C=O) groups is 1. The summed E-state index contributed by atoms with van der Waals surface area (Å²) in [6.07, 6.45) is -3.55. The minimum absolute atomic E-state index is 0.0513. The molecular formula is C32H25ClF3N3O7S. The summed E-state index contributed by atoms with van der Waals surface area (Å²) in [5, 5.41) is 11.2. The summed E-state index contributed by atoms with van der Waals surface area (Å²) < 4.78 is 60.8. The summed E-state index contributed by atoms with van der Waals surface area (Å²) in [5.41, 5.74) is -1.62. The Kier molecular flexibility index (Phi) is 9.82. The molecule has 0 unspecified atom stereocenters. The topological polar surface area (TPSA) is 122 Å². The molecule has 0 fully saturated rings. The highest BCUT2D eigenvalue weighted by molar-refractivity contribution is 7.07. The van der Waals surface area contributed by atoms with E-state index in [1.165, 1.54) is 49.4 Å². The van der Waals surface area contributed by atoms with Crippen LogP contribution in [-0.4, -0.2) is 34.8 Å². The van der Waals surface area contributed by atoms with E-state index < -0.39 is 39.9 Å². The molecule has 15 heteroatoms. The van der Waals surface area contributed by atoms with E-state index in [1.807, 2.05) is 0 Å². The van der Waals surface area contributed by atoms with E-state index >= 15 is 0 Å². The zero-order chi connectivity index (χ0) is 33.9. The maximum Gasteiger partial charge on any atom is 0.434 e. The molecule has 2 heterocycles. The highest BCUT2D eigenvalue weighted by Gasteiger charge is 2.45. The molecule has 0 saturated carbocycles. The third-order valence-corrected chi connectivity index (χ3v) is 8.12. The number of hydrogen-bond donors (Lipinski definition) is 0. The van der Waals surface area contributed by atoms with Gasteiger partial charge >= 0.3 is 12.1 Å². The van der Waals surface area contributed by atoms with Crippen molar-refractivity contribution in [2.45, 2.75) is 32.7 Å². The van der Waals surface area contributed by atoms with Crippen LogP contribution in [0.4, 0.5) is 18.9 Å². The molecule has 4 aromatic rings. The smallest absolute Gasteiger partial charge is 0.434 e. The van der Waals surface area contributed by atoms with Crippen molar-refractivity contribution in [2.75, 3.05) is 13.2 Å². The van der Waals surface area contributed by atoms with E-state index in [1.54, 1.807) is 37.3 Å². The van der Waals surface area contributed by atoms with E-state index in [0.29, 0.717) is 27.6 Å². The molecular weight excluding hydrogens is 663 g/mol. The van der Waals surface area contributed by atoms with Gasteiger partial charge in [0.05, 0.1) is 34.3 Å². The molecule has 1 atom stereocenters. The molecule has 0 radical (unpaired) electrons. The molecule has 1 aliphatic rings. The van der Waals surface area contributed by atoms with Gasteiger partial charge in [0.2, 0.25) is 0 Å². The number of ether oxygens (including phenoxy) is 3. The van der Waals surface area contributed by atoms with Crippen molar-refractivity contribution in [3.8, 4) is 11.5 Å². The number of carbonyl (C=O) groups excluding carboxylic acids is 1. The van der Waals surface area contributed by atoms with Crippen LogP contribution in [0.25, 0.3) is 6.08 Å². The van der Waals surface area contributed by atoms with Crippen LogP contribution in [0.5, 0.6) is 11.5 Å². The molecule has 0 bridgehead atoms. The van der Waals surface area contributed by atoms with Crippen LogP contribution < -0.4 is 24.4 Å². The quantitative estimate of drug-likeness (QED) is 0.116. The van der Waals surface area contributed by atoms with Crippen molar-refractivity contribution < 1.29 is 37.1 Å². The van der Waals surface area contributed by atoms with Gasteiger partial charge in [0, 0.05) is 17.2 Å². The number of nitrogens with zero attached hydrogens (tertiary/aromatic N) is 3. The Morgan fingerprint density at radius 3 is 2.36 bits per heavy atom. The number of fused-ring (bicyclic) bond motifs is 1. The fourth-order valence-electron chi connectivity index (χ4n) is 4.83. The van der Waals surface area contributed by atoms with Gasteiger partial charge < -0.3 is 14.2 Å². The molecule has 244 valence electrons. The number of esters is 1. The number of rotatable bonds is 10. The van der Waals surface area contributed by atoms with Crippen LogP contribution in [-0.2, 0) is 16.1 Å². The first-order chi connectivity index (χ1) is 22.4. The van der Waals surface area contributed by atoms with Crippen molar-refractivity contribution in [2.24, 2.45) is 4.99 Å². The van der Waals surface area contributed by atoms with Gasteiger partial charge in [0.25, 0.3) is 11.2 Å². The number of non-ortho nitro benzene ring substituents is 1. The van der Waals surface area contributed by atoms with E-state index in [0.717, 1.165) is 15.9 Å². The van der Waals surface area contributed by atoms with Crippen LogP contribution >= 0.6 is 22.9 Å². The zero-order valence-electron chi connectivity index (χ0n) is 24.7. The normalized spacial score (nSPS) is 14.8. The zero-order valence-corrected chi connectivity index (χ0v) is 26.3. The number of aromatic nitrogens is 1. The summed E-state index contributed by atoms with van der Waals surface area (Å²) in [6.45, 7) is 3.39. The van der Waals surface area contributed by atoms with Gasteiger partial charge in [0.1, 0.15) is 6.61 Å². The summed E-state index contributed by atoms with van der Waals surface area (Å²) in [5.74, 6) is -0.553. The predicted octanol–water partition coefficient (Wildman–Crippen LogP) is 5.88. The van der Waals surface area contributed by atoms with Gasteiger partial charge in [0.15, 0.2) is 22.0 Å². The van der Waals surface area contributed by atoms with Crippen LogP contribution in [0.3, 0.4) is 0 Å². The van der Waals surface area contributed by atoms with E-state index in [2.05, 4.69) is 4.99 Å². The average Bonchev–Trinajstić information content (AvgIpc) is 3.34. The van der Waals surface area contributed by atoms with Gasteiger partial charge in [-0.25, -0.2) is 9.79 Å². The molecule has 1 aliphatic heterocycles. The lowest BCUT2D eigenvalue weighted by atomic mass is 9.95. The molecule has 10 nitrogen and oxygen atoms in total.